The Kier molecular flexibility index (Phi) is 0.682. The number of rotatable bonds is 0. The molecule has 3 atom stereocenters. The summed E-state index contributed by atoms with van der Waals surface area (Å²) in [6.45, 7) is 4.80. The summed E-state index contributed by atoms with van der Waals surface area (Å²) in [6, 6.07) is 1.91. The molecule has 1 aliphatic carbocycles. The summed E-state index contributed by atoms with van der Waals surface area (Å²) in [5.74, 6) is 0. The van der Waals surface area contributed by atoms with Gasteiger partial charge in [0.25, 0.3) is 0 Å². The third kappa shape index (κ3) is 0.389. The molecule has 0 N–H and O–H groups in total. The van der Waals surface area contributed by atoms with Crippen LogP contribution in [0.25, 0.3) is 0 Å². The van der Waals surface area contributed by atoms with E-state index in [1.807, 2.05) is 0 Å². The fraction of sp³-hybridized carbons (Fsp3) is 1.00. The van der Waals surface area contributed by atoms with E-state index < -0.39 is 0 Å². The Bertz CT molecular complexity index is 162. The molecule has 0 bridgehead atoms. The smallest absolute Gasteiger partial charge is 0.101 e. The molecular formula is C8H16N+. The molecule has 0 amide bonds. The molecule has 1 nitrogen and oxygen atoms in total. The Labute approximate surface area is 57.3 Å². The van der Waals surface area contributed by atoms with Crippen molar-refractivity contribution in [3.63, 3.8) is 0 Å². The van der Waals surface area contributed by atoms with Crippen LogP contribution in [0.15, 0.2) is 0 Å². The lowest BCUT2D eigenvalue weighted by Gasteiger charge is -2.49. The van der Waals surface area contributed by atoms with E-state index in [0.717, 1.165) is 17.5 Å². The summed E-state index contributed by atoms with van der Waals surface area (Å²) in [7, 11) is 4.70. The Morgan fingerprint density at radius 1 is 1.44 bits per heavy atom. The molecule has 0 radical (unpaired) electrons. The Morgan fingerprint density at radius 3 is 2.11 bits per heavy atom. The van der Waals surface area contributed by atoms with E-state index in [1.54, 1.807) is 0 Å². The lowest BCUT2D eigenvalue weighted by Crippen LogP contribution is -2.63. The molecule has 1 saturated carbocycles. The third-order valence-corrected chi connectivity index (χ3v) is 3.99. The topological polar surface area (TPSA) is 0 Å². The van der Waals surface area contributed by atoms with Crippen LogP contribution in [0.3, 0.4) is 0 Å². The van der Waals surface area contributed by atoms with Gasteiger partial charge in [0.15, 0.2) is 0 Å². The molecule has 0 aromatic rings. The van der Waals surface area contributed by atoms with E-state index in [2.05, 4.69) is 27.9 Å². The number of quaternary nitrogens is 1. The summed E-state index contributed by atoms with van der Waals surface area (Å²) < 4.78 is 1.27. The minimum atomic E-state index is 0.753. The first-order valence-corrected chi connectivity index (χ1v) is 3.83. The molecule has 0 aromatic carbocycles. The second-order valence-corrected chi connectivity index (χ2v) is 4.53. The average molecular weight is 126 g/mol. The van der Waals surface area contributed by atoms with Gasteiger partial charge in [-0.05, 0) is 13.8 Å². The molecule has 2 fully saturated rings. The molecule has 52 valence electrons. The summed E-state index contributed by atoms with van der Waals surface area (Å²) in [4.78, 5) is 0. The van der Waals surface area contributed by atoms with Gasteiger partial charge in [-0.3, -0.25) is 0 Å². The lowest BCUT2D eigenvalue weighted by molar-refractivity contribution is -0.968. The first-order chi connectivity index (χ1) is 3.99. The van der Waals surface area contributed by atoms with Gasteiger partial charge in [-0.1, -0.05) is 0 Å². The number of hydrogen-bond acceptors (Lipinski definition) is 0. The molecule has 2 rings (SSSR count). The molecular weight excluding hydrogens is 110 g/mol. The lowest BCUT2D eigenvalue weighted by atomic mass is 9.88. The molecule has 3 unspecified atom stereocenters. The van der Waals surface area contributed by atoms with Crippen LogP contribution in [-0.4, -0.2) is 30.7 Å². The van der Waals surface area contributed by atoms with Gasteiger partial charge in [0.2, 0.25) is 0 Å². The van der Waals surface area contributed by atoms with Gasteiger partial charge in [0.1, 0.15) is 6.04 Å². The van der Waals surface area contributed by atoms with Crippen LogP contribution in [0, 0.1) is 5.41 Å². The van der Waals surface area contributed by atoms with Crippen molar-refractivity contribution in [3.05, 3.63) is 0 Å². The van der Waals surface area contributed by atoms with Crippen molar-refractivity contribution in [1.82, 2.24) is 0 Å². The van der Waals surface area contributed by atoms with Crippen molar-refractivity contribution in [1.29, 1.82) is 0 Å². The Hall–Kier alpha value is -0.0400. The van der Waals surface area contributed by atoms with Crippen molar-refractivity contribution in [3.8, 4) is 0 Å². The highest BCUT2D eigenvalue weighted by Crippen LogP contribution is 2.65. The van der Waals surface area contributed by atoms with Gasteiger partial charge in [0.05, 0.1) is 25.6 Å². The maximum atomic E-state index is 2.42. The van der Waals surface area contributed by atoms with E-state index in [-0.39, 0.29) is 0 Å². The van der Waals surface area contributed by atoms with Crippen molar-refractivity contribution in [2.24, 2.45) is 5.41 Å². The fourth-order valence-electron chi connectivity index (χ4n) is 2.75. The highest BCUT2D eigenvalue weighted by molar-refractivity contribution is 5.12. The number of fused-ring (bicyclic) bond motifs is 1. The molecule has 1 saturated heterocycles. The maximum absolute atomic E-state index is 2.42. The zero-order valence-corrected chi connectivity index (χ0v) is 6.81. The third-order valence-electron chi connectivity index (χ3n) is 3.99. The van der Waals surface area contributed by atoms with Crippen LogP contribution < -0.4 is 0 Å². The Balaban J connectivity index is 2.24. The maximum Gasteiger partial charge on any atom is 0.101 e. The van der Waals surface area contributed by atoms with Gasteiger partial charge in [-0.25, -0.2) is 0 Å². The van der Waals surface area contributed by atoms with Gasteiger partial charge in [0, 0.05) is 6.42 Å². The van der Waals surface area contributed by atoms with Crippen molar-refractivity contribution in [2.45, 2.75) is 32.4 Å². The molecule has 2 aliphatic rings. The minimum Gasteiger partial charge on any atom is -0.323 e. The molecule has 1 heteroatoms. The van der Waals surface area contributed by atoms with Crippen molar-refractivity contribution in [2.75, 3.05) is 14.1 Å². The number of likely N-dealkylation sites (tertiary alicyclic amines) is 1. The van der Waals surface area contributed by atoms with Gasteiger partial charge >= 0.3 is 0 Å². The zero-order valence-electron chi connectivity index (χ0n) is 6.81. The molecule has 1 heterocycles. The van der Waals surface area contributed by atoms with Crippen LogP contribution in [-0.2, 0) is 0 Å². The summed E-state index contributed by atoms with van der Waals surface area (Å²) in [5, 5.41) is 0. The summed E-state index contributed by atoms with van der Waals surface area (Å²) in [6.07, 6.45) is 1.47. The van der Waals surface area contributed by atoms with Gasteiger partial charge < -0.3 is 4.48 Å². The van der Waals surface area contributed by atoms with Crippen LogP contribution >= 0.6 is 0 Å². The van der Waals surface area contributed by atoms with Crippen molar-refractivity contribution >= 4 is 0 Å². The van der Waals surface area contributed by atoms with Gasteiger partial charge in [-0.2, -0.15) is 0 Å². The average Bonchev–Trinajstić information content (AvgIpc) is 2.41. The van der Waals surface area contributed by atoms with Crippen LogP contribution in [0.1, 0.15) is 20.3 Å². The Morgan fingerprint density at radius 2 is 2.00 bits per heavy atom. The molecule has 0 aromatic heterocycles. The quantitative estimate of drug-likeness (QED) is 0.428. The number of nitrogens with zero attached hydrogens (tertiary/aromatic N) is 1. The monoisotopic (exact) mass is 126 g/mol. The van der Waals surface area contributed by atoms with E-state index >= 15 is 0 Å². The van der Waals surface area contributed by atoms with Crippen molar-refractivity contribution < 1.29 is 4.48 Å². The van der Waals surface area contributed by atoms with E-state index in [0.29, 0.717) is 0 Å². The zero-order chi connectivity index (χ0) is 6.86. The predicted octanol–water partition coefficient (Wildman–Crippen LogP) is 1.24. The highest BCUT2D eigenvalue weighted by atomic mass is 15.5. The SMILES string of the molecule is CC1C2(C)CC2[N+]1(C)C. The van der Waals surface area contributed by atoms with Crippen LogP contribution in [0.2, 0.25) is 0 Å². The summed E-state index contributed by atoms with van der Waals surface area (Å²) >= 11 is 0. The second-order valence-electron chi connectivity index (χ2n) is 4.53. The number of hydrogen-bond donors (Lipinski definition) is 0. The molecule has 0 spiro atoms. The fourth-order valence-corrected chi connectivity index (χ4v) is 2.75. The van der Waals surface area contributed by atoms with Crippen LogP contribution in [0.4, 0.5) is 0 Å². The molecule has 1 aliphatic heterocycles. The second kappa shape index (κ2) is 1.07. The van der Waals surface area contributed by atoms with E-state index in [9.17, 15) is 0 Å². The standard InChI is InChI=1S/C8H16N/c1-6-8(2)5-7(8)9(6,3)4/h6-7H,5H2,1-4H3/q+1. The minimum absolute atomic E-state index is 0.753. The summed E-state index contributed by atoms with van der Waals surface area (Å²) in [5.41, 5.74) is 0.753. The van der Waals surface area contributed by atoms with Gasteiger partial charge in [-0.15, -0.1) is 0 Å². The molecule has 9 heavy (non-hydrogen) atoms. The van der Waals surface area contributed by atoms with E-state index in [4.69, 9.17) is 0 Å². The predicted molar refractivity (Wildman–Crippen MR) is 38.1 cm³/mol. The van der Waals surface area contributed by atoms with Crippen LogP contribution in [0.5, 0.6) is 0 Å². The normalized spacial score (nSPS) is 60.0. The highest BCUT2D eigenvalue weighted by Gasteiger charge is 2.76. The van der Waals surface area contributed by atoms with E-state index in [1.165, 1.54) is 10.9 Å². The first-order valence-electron chi connectivity index (χ1n) is 3.83. The first kappa shape index (κ1) is 5.72. The largest absolute Gasteiger partial charge is 0.323 e.